The number of esters is 1. The third-order valence-corrected chi connectivity index (χ3v) is 3.57. The van der Waals surface area contributed by atoms with Crippen LogP contribution in [0.2, 0.25) is 5.02 Å². The summed E-state index contributed by atoms with van der Waals surface area (Å²) in [6.07, 6.45) is 0.517. The molecule has 1 aromatic rings. The van der Waals surface area contributed by atoms with E-state index < -0.39 is 12.0 Å². The number of nitrogens with one attached hydrogen (secondary N) is 1. The Morgan fingerprint density at radius 1 is 1.40 bits per heavy atom. The number of hydrogen-bond donors (Lipinski definition) is 1. The van der Waals surface area contributed by atoms with Gasteiger partial charge < -0.3 is 10.1 Å². The van der Waals surface area contributed by atoms with Crippen LogP contribution in [-0.2, 0) is 9.53 Å². The Bertz CT molecular complexity index is 505. The molecule has 0 aliphatic heterocycles. The lowest BCUT2D eigenvalue weighted by Gasteiger charge is -2.18. The van der Waals surface area contributed by atoms with Gasteiger partial charge in [0.05, 0.1) is 12.7 Å². The highest BCUT2D eigenvalue weighted by Gasteiger charge is 2.23. The molecule has 0 radical (unpaired) electrons. The van der Waals surface area contributed by atoms with Crippen molar-refractivity contribution in [2.24, 2.45) is 5.92 Å². The molecule has 1 unspecified atom stereocenters. The fourth-order valence-electron chi connectivity index (χ4n) is 1.74. The smallest absolute Gasteiger partial charge is 0.328 e. The van der Waals surface area contributed by atoms with Crippen molar-refractivity contribution in [2.45, 2.75) is 26.3 Å². The largest absolute Gasteiger partial charge is 0.467 e. The predicted molar refractivity (Wildman–Crippen MR) is 81.9 cm³/mol. The van der Waals surface area contributed by atoms with Crippen LogP contribution in [-0.4, -0.2) is 25.0 Å². The van der Waals surface area contributed by atoms with Gasteiger partial charge in [-0.15, -0.1) is 0 Å². The van der Waals surface area contributed by atoms with Crippen LogP contribution < -0.4 is 5.32 Å². The Morgan fingerprint density at radius 2 is 2.05 bits per heavy atom. The number of methoxy groups -OCH3 is 1. The van der Waals surface area contributed by atoms with Crippen LogP contribution >= 0.6 is 27.5 Å². The van der Waals surface area contributed by atoms with E-state index in [1.54, 1.807) is 18.2 Å². The summed E-state index contributed by atoms with van der Waals surface area (Å²) < 4.78 is 5.29. The highest BCUT2D eigenvalue weighted by Crippen LogP contribution is 2.21. The van der Waals surface area contributed by atoms with Crippen LogP contribution in [0.15, 0.2) is 22.7 Å². The van der Waals surface area contributed by atoms with Gasteiger partial charge in [-0.25, -0.2) is 4.79 Å². The molecule has 0 aliphatic rings. The van der Waals surface area contributed by atoms with E-state index in [1.165, 1.54) is 7.11 Å². The highest BCUT2D eigenvalue weighted by molar-refractivity contribution is 9.10. The quantitative estimate of drug-likeness (QED) is 0.817. The summed E-state index contributed by atoms with van der Waals surface area (Å²) in [5.41, 5.74) is 0.423. The lowest BCUT2D eigenvalue weighted by molar-refractivity contribution is -0.143. The van der Waals surface area contributed by atoms with Crippen molar-refractivity contribution in [3.63, 3.8) is 0 Å². The number of ether oxygens (including phenoxy) is 1. The number of benzene rings is 1. The number of carbonyl (C=O) groups excluding carboxylic acids is 2. The molecule has 0 heterocycles. The summed E-state index contributed by atoms with van der Waals surface area (Å²) in [6.45, 7) is 3.95. The Labute approximate surface area is 132 Å². The van der Waals surface area contributed by atoms with Gasteiger partial charge in [0.2, 0.25) is 0 Å². The Hall–Kier alpha value is -1.07. The zero-order valence-corrected chi connectivity index (χ0v) is 13.9. The molecule has 1 N–H and O–H groups in total. The van der Waals surface area contributed by atoms with Crippen molar-refractivity contribution in [3.8, 4) is 0 Å². The van der Waals surface area contributed by atoms with Crippen molar-refractivity contribution in [2.75, 3.05) is 7.11 Å². The molecule has 0 aliphatic carbocycles. The molecule has 0 saturated carbocycles. The van der Waals surface area contributed by atoms with Crippen LogP contribution in [0.25, 0.3) is 0 Å². The first-order valence-electron chi connectivity index (χ1n) is 6.19. The second kappa shape index (κ2) is 7.64. The van der Waals surface area contributed by atoms with Crippen LogP contribution in [0, 0.1) is 5.92 Å². The summed E-state index contributed by atoms with van der Waals surface area (Å²) in [7, 11) is 1.31. The van der Waals surface area contributed by atoms with E-state index in [-0.39, 0.29) is 11.8 Å². The van der Waals surface area contributed by atoms with E-state index >= 15 is 0 Å². The first kappa shape index (κ1) is 17.0. The molecule has 0 spiro atoms. The Morgan fingerprint density at radius 3 is 2.55 bits per heavy atom. The average Bonchev–Trinajstić information content (AvgIpc) is 2.36. The molecule has 1 aromatic carbocycles. The Kier molecular flexibility index (Phi) is 6.49. The van der Waals surface area contributed by atoms with E-state index in [0.29, 0.717) is 21.5 Å². The fourth-order valence-corrected chi connectivity index (χ4v) is 2.60. The molecular weight excluding hydrogens is 346 g/mol. The topological polar surface area (TPSA) is 55.4 Å². The van der Waals surface area contributed by atoms with E-state index in [2.05, 4.69) is 21.2 Å². The summed E-state index contributed by atoms with van der Waals surface area (Å²) in [4.78, 5) is 23.9. The van der Waals surface area contributed by atoms with E-state index in [1.807, 2.05) is 13.8 Å². The van der Waals surface area contributed by atoms with Crippen molar-refractivity contribution in [1.29, 1.82) is 0 Å². The zero-order chi connectivity index (χ0) is 15.3. The maximum Gasteiger partial charge on any atom is 0.328 e. The summed E-state index contributed by atoms with van der Waals surface area (Å²) in [6, 6.07) is 4.20. The monoisotopic (exact) mass is 361 g/mol. The molecule has 0 bridgehead atoms. The average molecular weight is 363 g/mol. The third kappa shape index (κ3) is 4.80. The van der Waals surface area contributed by atoms with Gasteiger partial charge in [-0.2, -0.15) is 0 Å². The predicted octanol–water partition coefficient (Wildman–Crippen LogP) is 3.42. The van der Waals surface area contributed by atoms with Crippen molar-refractivity contribution in [3.05, 3.63) is 33.3 Å². The minimum atomic E-state index is -0.657. The van der Waals surface area contributed by atoms with Gasteiger partial charge in [0.1, 0.15) is 6.04 Å². The lowest BCUT2D eigenvalue weighted by Crippen LogP contribution is -2.42. The number of hydrogen-bond acceptors (Lipinski definition) is 3. The van der Waals surface area contributed by atoms with Crippen molar-refractivity contribution < 1.29 is 14.3 Å². The second-order valence-corrected chi connectivity index (χ2v) is 6.09. The number of carbonyl (C=O) groups is 2. The minimum Gasteiger partial charge on any atom is -0.467 e. The van der Waals surface area contributed by atoms with E-state index in [0.717, 1.165) is 0 Å². The SMILES string of the molecule is COC(=O)C(CC(C)C)NC(=O)c1ccc(Cl)cc1Br. The molecule has 4 nitrogen and oxygen atoms in total. The minimum absolute atomic E-state index is 0.257. The maximum absolute atomic E-state index is 12.2. The van der Waals surface area contributed by atoms with Gasteiger partial charge in [0, 0.05) is 9.50 Å². The Balaban J connectivity index is 2.87. The van der Waals surface area contributed by atoms with Gasteiger partial charge in [0.15, 0.2) is 0 Å². The van der Waals surface area contributed by atoms with Gasteiger partial charge in [-0.3, -0.25) is 4.79 Å². The van der Waals surface area contributed by atoms with E-state index in [9.17, 15) is 9.59 Å². The van der Waals surface area contributed by atoms with Crippen molar-refractivity contribution >= 4 is 39.4 Å². The molecule has 1 rings (SSSR count). The van der Waals surface area contributed by atoms with E-state index in [4.69, 9.17) is 16.3 Å². The summed E-state index contributed by atoms with van der Waals surface area (Å²) >= 11 is 9.11. The summed E-state index contributed by atoms with van der Waals surface area (Å²) in [5.74, 6) is -0.533. The molecule has 1 atom stereocenters. The van der Waals surface area contributed by atoms with Crippen LogP contribution in [0.3, 0.4) is 0 Å². The zero-order valence-electron chi connectivity index (χ0n) is 11.6. The normalized spacial score (nSPS) is 12.1. The number of rotatable bonds is 5. The molecule has 110 valence electrons. The number of amides is 1. The third-order valence-electron chi connectivity index (χ3n) is 2.67. The molecular formula is C14H17BrClNO3. The van der Waals surface area contributed by atoms with Gasteiger partial charge in [0.25, 0.3) is 5.91 Å². The van der Waals surface area contributed by atoms with Crippen LogP contribution in [0.1, 0.15) is 30.6 Å². The molecule has 0 saturated heterocycles. The molecule has 6 heteroatoms. The van der Waals surface area contributed by atoms with Crippen LogP contribution in [0.4, 0.5) is 0 Å². The summed E-state index contributed by atoms with van der Waals surface area (Å²) in [5, 5.41) is 3.22. The lowest BCUT2D eigenvalue weighted by atomic mass is 10.0. The van der Waals surface area contributed by atoms with Gasteiger partial charge >= 0.3 is 5.97 Å². The molecule has 1 amide bonds. The highest BCUT2D eigenvalue weighted by atomic mass is 79.9. The molecule has 0 fully saturated rings. The first-order valence-corrected chi connectivity index (χ1v) is 7.36. The van der Waals surface area contributed by atoms with Crippen molar-refractivity contribution in [1.82, 2.24) is 5.32 Å². The maximum atomic E-state index is 12.2. The first-order chi connectivity index (χ1) is 9.35. The van der Waals surface area contributed by atoms with Gasteiger partial charge in [-0.1, -0.05) is 25.4 Å². The van der Waals surface area contributed by atoms with Crippen LogP contribution in [0.5, 0.6) is 0 Å². The van der Waals surface area contributed by atoms with Gasteiger partial charge in [-0.05, 0) is 46.5 Å². The number of halogens is 2. The standard InChI is InChI=1S/C14H17BrClNO3/c1-8(2)6-12(14(19)20-3)17-13(18)10-5-4-9(16)7-11(10)15/h4-5,7-8,12H,6H2,1-3H3,(H,17,18). The fraction of sp³-hybridized carbons (Fsp3) is 0.429. The molecule has 0 aromatic heterocycles. The second-order valence-electron chi connectivity index (χ2n) is 4.80. The molecule has 20 heavy (non-hydrogen) atoms.